The van der Waals surface area contributed by atoms with Crippen molar-refractivity contribution < 1.29 is 42.7 Å². The molecule has 2 aromatic rings. The van der Waals surface area contributed by atoms with Crippen molar-refractivity contribution in [3.63, 3.8) is 0 Å². The van der Waals surface area contributed by atoms with E-state index in [1.807, 2.05) is 19.9 Å². The molecule has 14 heteroatoms. The third kappa shape index (κ3) is 9.07. The molecule has 4 aliphatic rings. The largest absolute Gasteiger partial charge is 0.444 e. The first-order chi connectivity index (χ1) is 25.6. The van der Waals surface area contributed by atoms with Crippen LogP contribution in [0.5, 0.6) is 5.75 Å². The molecule has 3 aliphatic heterocycles. The lowest BCUT2D eigenvalue weighted by atomic mass is 10.0. The van der Waals surface area contributed by atoms with Gasteiger partial charge < -0.3 is 29.8 Å². The zero-order chi connectivity index (χ0) is 38.8. The van der Waals surface area contributed by atoms with Crippen molar-refractivity contribution in [1.29, 1.82) is 0 Å². The minimum atomic E-state index is -1.26. The second kappa shape index (κ2) is 15.8. The number of carbonyl (C=O) groups is 5. The Morgan fingerprint density at radius 1 is 0.963 bits per heavy atom. The van der Waals surface area contributed by atoms with E-state index < -0.39 is 65.1 Å². The molecule has 13 nitrogen and oxygen atoms in total. The summed E-state index contributed by atoms with van der Waals surface area (Å²) >= 11 is 0. The van der Waals surface area contributed by atoms with Crippen LogP contribution in [0.2, 0.25) is 0 Å². The fourth-order valence-electron chi connectivity index (χ4n) is 7.94. The maximum Gasteiger partial charge on any atom is 0.410 e. The number of alkyl carbamates (subject to hydrolysis) is 1. The maximum absolute atomic E-state index is 14.5. The van der Waals surface area contributed by atoms with Crippen LogP contribution in [0.25, 0.3) is 0 Å². The van der Waals surface area contributed by atoms with Crippen molar-refractivity contribution in [2.45, 2.75) is 135 Å². The molecule has 5 atom stereocenters. The van der Waals surface area contributed by atoms with Gasteiger partial charge in [0.2, 0.25) is 11.8 Å². The third-order valence-electron chi connectivity index (χ3n) is 10.6. The van der Waals surface area contributed by atoms with Gasteiger partial charge in [-0.1, -0.05) is 50.3 Å². The first-order valence-corrected chi connectivity index (χ1v) is 19.0. The molecule has 1 saturated carbocycles. The average Bonchev–Trinajstić information content (AvgIpc) is 3.39. The van der Waals surface area contributed by atoms with Crippen LogP contribution < -0.4 is 21.0 Å². The van der Waals surface area contributed by atoms with Gasteiger partial charge in [0.1, 0.15) is 35.1 Å². The summed E-state index contributed by atoms with van der Waals surface area (Å²) in [7, 11) is 0. The number of aryl methyl sites for hydroxylation is 2. The number of halogens is 1. The highest BCUT2D eigenvalue weighted by atomic mass is 19.1. The van der Waals surface area contributed by atoms with Crippen LogP contribution in [-0.4, -0.2) is 75.6 Å². The molecule has 0 unspecified atom stereocenters. The van der Waals surface area contributed by atoms with Crippen molar-refractivity contribution in [3.05, 3.63) is 64.5 Å². The Morgan fingerprint density at radius 3 is 2.37 bits per heavy atom. The topological polar surface area (TPSA) is 156 Å². The number of benzene rings is 2. The van der Waals surface area contributed by atoms with Crippen LogP contribution in [0.3, 0.4) is 0 Å². The fraction of sp³-hybridized carbons (Fsp3) is 0.575. The van der Waals surface area contributed by atoms with Crippen LogP contribution in [0.1, 0.15) is 101 Å². The Hall–Kier alpha value is -4.88. The number of rotatable bonds is 5. The lowest BCUT2D eigenvalue weighted by molar-refractivity contribution is -0.142. The number of nitrogens with zero attached hydrogens (tertiary/aromatic N) is 2. The molecule has 0 spiro atoms. The van der Waals surface area contributed by atoms with Crippen molar-refractivity contribution >= 4 is 29.9 Å². The van der Waals surface area contributed by atoms with E-state index in [-0.39, 0.29) is 32.0 Å². The molecule has 2 aromatic carbocycles. The third-order valence-corrected chi connectivity index (χ3v) is 10.6. The zero-order valence-corrected chi connectivity index (χ0v) is 31.8. The average molecular weight is 750 g/mol. The Bertz CT molecular complexity index is 1760. The number of hydroxylamine groups is 1. The Kier molecular flexibility index (Phi) is 11.4. The van der Waals surface area contributed by atoms with E-state index in [0.29, 0.717) is 42.6 Å². The van der Waals surface area contributed by atoms with E-state index in [1.54, 1.807) is 45.0 Å². The molecule has 3 heterocycles. The van der Waals surface area contributed by atoms with Gasteiger partial charge in [-0.3, -0.25) is 19.3 Å². The molecular weight excluding hydrogens is 697 g/mol. The van der Waals surface area contributed by atoms with Gasteiger partial charge in [-0.25, -0.2) is 14.0 Å². The second-order valence-electron chi connectivity index (χ2n) is 16.2. The molecule has 2 saturated heterocycles. The highest BCUT2D eigenvalue weighted by Gasteiger charge is 2.62. The van der Waals surface area contributed by atoms with Crippen molar-refractivity contribution in [2.75, 3.05) is 6.54 Å². The quantitative estimate of drug-likeness (QED) is 0.340. The lowest BCUT2D eigenvalue weighted by Gasteiger charge is -2.30. The number of hydrogen-bond acceptors (Lipinski definition) is 8. The van der Waals surface area contributed by atoms with Crippen molar-refractivity contribution in [1.82, 2.24) is 25.9 Å². The summed E-state index contributed by atoms with van der Waals surface area (Å²) in [5, 5.41) is 5.72. The number of nitrogens with one attached hydrogen (secondary N) is 3. The fourth-order valence-corrected chi connectivity index (χ4v) is 7.94. The summed E-state index contributed by atoms with van der Waals surface area (Å²) in [5.74, 6) is -1.68. The summed E-state index contributed by atoms with van der Waals surface area (Å²) in [6.45, 7) is 9.10. The van der Waals surface area contributed by atoms with Gasteiger partial charge >= 0.3 is 12.2 Å². The Labute approximate surface area is 315 Å². The van der Waals surface area contributed by atoms with E-state index in [9.17, 15) is 28.4 Å². The van der Waals surface area contributed by atoms with Gasteiger partial charge in [-0.15, -0.1) is 0 Å². The van der Waals surface area contributed by atoms with Gasteiger partial charge in [0, 0.05) is 18.5 Å². The predicted molar refractivity (Wildman–Crippen MR) is 195 cm³/mol. The highest BCUT2D eigenvalue weighted by molar-refractivity contribution is 5.98. The number of carbonyl (C=O) groups excluding carboxylic acids is 5. The molecular formula is C40H52FN5O8. The van der Waals surface area contributed by atoms with E-state index in [2.05, 4.69) is 16.1 Å². The molecule has 5 amide bonds. The monoisotopic (exact) mass is 749 g/mol. The highest BCUT2D eigenvalue weighted by Crippen LogP contribution is 2.48. The van der Waals surface area contributed by atoms with Crippen molar-refractivity contribution in [3.8, 4) is 5.75 Å². The summed E-state index contributed by atoms with van der Waals surface area (Å²) in [6.07, 6.45) is 3.16. The van der Waals surface area contributed by atoms with Gasteiger partial charge in [0.25, 0.3) is 5.91 Å². The van der Waals surface area contributed by atoms with Crippen molar-refractivity contribution in [2.24, 2.45) is 5.92 Å². The number of hydrogen-bond donors (Lipinski definition) is 3. The van der Waals surface area contributed by atoms with Crippen LogP contribution in [0, 0.1) is 25.6 Å². The van der Waals surface area contributed by atoms with E-state index in [0.717, 1.165) is 36.8 Å². The zero-order valence-electron chi connectivity index (χ0n) is 31.8. The summed E-state index contributed by atoms with van der Waals surface area (Å²) in [4.78, 5) is 77.4. The van der Waals surface area contributed by atoms with E-state index >= 15 is 0 Å². The minimum absolute atomic E-state index is 0.0329. The molecule has 292 valence electrons. The molecule has 3 fully saturated rings. The molecule has 0 radical (unpaired) electrons. The first-order valence-electron chi connectivity index (χ1n) is 19.0. The summed E-state index contributed by atoms with van der Waals surface area (Å²) < 4.78 is 25.8. The maximum atomic E-state index is 14.5. The van der Waals surface area contributed by atoms with Gasteiger partial charge in [0.05, 0.1) is 13.1 Å². The SMILES string of the molecule is Cc1cc(C)cc(ONC(=O)[C@@]23C[C@H]2CCCCCCC[C@H](NC(=O)OC(C)(C)C)C(=O)N2C[C@H](OC(=O)N4Cc5cccc(F)c5C4)C[C@H]2C(=O)N3)c1. The number of amides is 5. The van der Waals surface area contributed by atoms with Gasteiger partial charge in [-0.2, -0.15) is 5.48 Å². The molecule has 54 heavy (non-hydrogen) atoms. The molecule has 0 bridgehead atoms. The van der Waals surface area contributed by atoms with Crippen LogP contribution >= 0.6 is 0 Å². The minimum Gasteiger partial charge on any atom is -0.444 e. The van der Waals surface area contributed by atoms with Crippen LogP contribution in [-0.2, 0) is 36.9 Å². The Morgan fingerprint density at radius 2 is 1.67 bits per heavy atom. The van der Waals surface area contributed by atoms with Crippen LogP contribution in [0.4, 0.5) is 14.0 Å². The first kappa shape index (κ1) is 38.8. The predicted octanol–water partition coefficient (Wildman–Crippen LogP) is 5.49. The lowest BCUT2D eigenvalue weighted by Crippen LogP contribution is -2.58. The van der Waals surface area contributed by atoms with Gasteiger partial charge in [-0.05, 0) is 94.7 Å². The van der Waals surface area contributed by atoms with Crippen LogP contribution in [0.15, 0.2) is 36.4 Å². The second-order valence-corrected chi connectivity index (χ2v) is 16.2. The van der Waals surface area contributed by atoms with Gasteiger partial charge in [0.15, 0.2) is 5.75 Å². The summed E-state index contributed by atoms with van der Waals surface area (Å²) in [5.41, 5.74) is 3.52. The molecule has 6 rings (SSSR count). The molecule has 1 aliphatic carbocycles. The molecule has 0 aromatic heterocycles. The smallest absolute Gasteiger partial charge is 0.410 e. The molecule has 3 N–H and O–H groups in total. The standard InChI is InChI=1S/C40H52FN5O8/c1-24-16-25(2)18-28(17-24)54-44-36(49)40-20-27(40)13-9-7-6-8-10-15-32(42-37(50)53-39(3,4)5)35(48)46-22-29(19-33(46)34(47)43-40)52-38(51)45-21-26-12-11-14-31(41)30(26)23-45/h11-12,14,16-18,27,29,32-33H,6-10,13,15,19-23H2,1-5H3,(H,42,50)(H,43,47)(H,44,49)/t27-,29-,32+,33+,40-/m1/s1. The summed E-state index contributed by atoms with van der Waals surface area (Å²) in [6, 6.07) is 8.13. The number of fused-ring (bicyclic) bond motifs is 3. The van der Waals surface area contributed by atoms with E-state index in [1.165, 1.54) is 15.9 Å². The Balaban J connectivity index is 1.23. The number of ether oxygens (including phenoxy) is 2. The van der Waals surface area contributed by atoms with E-state index in [4.69, 9.17) is 14.3 Å². The normalized spacial score (nSPS) is 25.9.